The van der Waals surface area contributed by atoms with E-state index in [1.54, 1.807) is 13.1 Å². The lowest BCUT2D eigenvalue weighted by Gasteiger charge is -2.29. The molecular weight excluding hydrogens is 311 g/mol. The van der Waals surface area contributed by atoms with Gasteiger partial charge in [0.1, 0.15) is 5.75 Å². The maximum Gasteiger partial charge on any atom is 0.281 e. The van der Waals surface area contributed by atoms with Gasteiger partial charge in [0, 0.05) is 26.8 Å². The molecule has 6 nitrogen and oxygen atoms in total. The fourth-order valence-electron chi connectivity index (χ4n) is 1.98. The normalized spacial score (nSPS) is 17.2. The molecule has 0 bridgehead atoms. The van der Waals surface area contributed by atoms with Gasteiger partial charge in [-0.1, -0.05) is 18.2 Å². The number of hydrazine groups is 1. The number of para-hydroxylation sites is 1. The van der Waals surface area contributed by atoms with Gasteiger partial charge in [0.15, 0.2) is 0 Å². The standard InChI is InChI=1S/C13H17N2O4PS/c1-15(20(21,17-2)18-3)14-13(16)11-8-9-19-12-7-5-4-6-10(11)12/h4-9,11H,1-3H3,(H,14,16). The number of ether oxygens (including phenoxy) is 1. The number of hydrogen-bond donors (Lipinski definition) is 1. The molecule has 21 heavy (non-hydrogen) atoms. The summed E-state index contributed by atoms with van der Waals surface area (Å²) in [7, 11) is 4.54. The van der Waals surface area contributed by atoms with Crippen LogP contribution in [0.15, 0.2) is 36.6 Å². The monoisotopic (exact) mass is 328 g/mol. The first kappa shape index (κ1) is 16.1. The summed E-state index contributed by atoms with van der Waals surface area (Å²) in [6.07, 6.45) is 3.20. The van der Waals surface area contributed by atoms with Crippen molar-refractivity contribution in [1.29, 1.82) is 0 Å². The summed E-state index contributed by atoms with van der Waals surface area (Å²) >= 11 is 5.26. The lowest BCUT2D eigenvalue weighted by Crippen LogP contribution is -2.40. The van der Waals surface area contributed by atoms with E-state index in [0.717, 1.165) is 5.56 Å². The van der Waals surface area contributed by atoms with E-state index in [1.165, 1.54) is 25.3 Å². The molecule has 1 atom stereocenters. The number of nitrogens with zero attached hydrogens (tertiary/aromatic N) is 1. The molecule has 114 valence electrons. The molecule has 0 saturated carbocycles. The molecule has 2 rings (SSSR count). The quantitative estimate of drug-likeness (QED) is 0.660. The Morgan fingerprint density at radius 1 is 1.38 bits per heavy atom. The number of carbonyl (C=O) groups excluding carboxylic acids is 1. The summed E-state index contributed by atoms with van der Waals surface area (Å²) in [5, 5.41) is 0. The van der Waals surface area contributed by atoms with E-state index in [9.17, 15) is 4.79 Å². The van der Waals surface area contributed by atoms with Crippen molar-refractivity contribution in [2.24, 2.45) is 0 Å². The highest BCUT2D eigenvalue weighted by molar-refractivity contribution is 8.08. The molecule has 8 heteroatoms. The van der Waals surface area contributed by atoms with Gasteiger partial charge < -0.3 is 13.8 Å². The number of benzene rings is 1. The zero-order chi connectivity index (χ0) is 15.5. The van der Waals surface area contributed by atoms with Crippen LogP contribution in [0.25, 0.3) is 0 Å². The molecule has 0 aromatic heterocycles. The van der Waals surface area contributed by atoms with Crippen molar-refractivity contribution in [3.05, 3.63) is 42.2 Å². The first-order valence-corrected chi connectivity index (χ1v) is 8.79. The minimum atomic E-state index is -2.68. The smallest absolute Gasteiger partial charge is 0.281 e. The highest BCUT2D eigenvalue weighted by Crippen LogP contribution is 2.48. The van der Waals surface area contributed by atoms with Gasteiger partial charge in [0.25, 0.3) is 6.64 Å². The zero-order valence-corrected chi connectivity index (χ0v) is 13.7. The molecule has 0 radical (unpaired) electrons. The van der Waals surface area contributed by atoms with Gasteiger partial charge in [0.05, 0.1) is 12.2 Å². The summed E-state index contributed by atoms with van der Waals surface area (Å²) in [5.74, 6) is -0.0110. The van der Waals surface area contributed by atoms with Crippen LogP contribution in [-0.4, -0.2) is 32.0 Å². The van der Waals surface area contributed by atoms with Crippen molar-refractivity contribution in [2.75, 3.05) is 21.3 Å². The molecular formula is C13H17N2O4PS. The molecule has 0 fully saturated rings. The molecule has 0 spiro atoms. The van der Waals surface area contributed by atoms with Gasteiger partial charge in [-0.05, 0) is 23.9 Å². The third kappa shape index (κ3) is 3.33. The summed E-state index contributed by atoms with van der Waals surface area (Å²) in [4.78, 5) is 12.5. The second kappa shape index (κ2) is 6.68. The van der Waals surface area contributed by atoms with Crippen molar-refractivity contribution in [3.63, 3.8) is 0 Å². The molecule has 1 unspecified atom stereocenters. The van der Waals surface area contributed by atoms with Gasteiger partial charge >= 0.3 is 0 Å². The van der Waals surface area contributed by atoms with Crippen LogP contribution in [0.2, 0.25) is 0 Å². The number of carbonyl (C=O) groups is 1. The average Bonchev–Trinajstić information content (AvgIpc) is 2.53. The van der Waals surface area contributed by atoms with Crippen LogP contribution in [0, 0.1) is 0 Å². The van der Waals surface area contributed by atoms with E-state index in [-0.39, 0.29) is 5.91 Å². The first-order chi connectivity index (χ1) is 10.0. The highest BCUT2D eigenvalue weighted by atomic mass is 32.5. The maximum atomic E-state index is 12.5. The molecule has 1 aromatic rings. The largest absolute Gasteiger partial charge is 0.465 e. The fourth-order valence-corrected chi connectivity index (χ4v) is 2.96. The van der Waals surface area contributed by atoms with Crippen LogP contribution in [0.5, 0.6) is 5.75 Å². The number of fused-ring (bicyclic) bond motifs is 1. The first-order valence-electron chi connectivity index (χ1n) is 6.20. The van der Waals surface area contributed by atoms with Crippen LogP contribution in [0.1, 0.15) is 11.5 Å². The Hall–Kier alpha value is -1.24. The van der Waals surface area contributed by atoms with Gasteiger partial charge in [-0.3, -0.25) is 10.2 Å². The fraction of sp³-hybridized carbons (Fsp3) is 0.308. The Kier molecular flexibility index (Phi) is 5.13. The van der Waals surface area contributed by atoms with E-state index >= 15 is 0 Å². The minimum absolute atomic E-state index is 0.229. The van der Waals surface area contributed by atoms with Crippen molar-refractivity contribution >= 4 is 24.4 Å². The summed E-state index contributed by atoms with van der Waals surface area (Å²) in [6.45, 7) is -2.68. The van der Waals surface area contributed by atoms with Crippen molar-refractivity contribution in [3.8, 4) is 5.75 Å². The molecule has 1 heterocycles. The third-order valence-electron chi connectivity index (χ3n) is 3.10. The van der Waals surface area contributed by atoms with E-state index in [1.807, 2.05) is 24.3 Å². The van der Waals surface area contributed by atoms with E-state index in [2.05, 4.69) is 5.43 Å². The van der Waals surface area contributed by atoms with E-state index in [4.69, 9.17) is 25.6 Å². The second-order valence-electron chi connectivity index (χ2n) is 4.30. The predicted octanol–water partition coefficient (Wildman–Crippen LogP) is 2.16. The van der Waals surface area contributed by atoms with Gasteiger partial charge in [-0.25, -0.2) is 0 Å². The third-order valence-corrected chi connectivity index (χ3v) is 6.49. The van der Waals surface area contributed by atoms with Gasteiger partial charge in [0.2, 0.25) is 5.91 Å². The van der Waals surface area contributed by atoms with Gasteiger partial charge in [-0.15, -0.1) is 4.78 Å². The van der Waals surface area contributed by atoms with Crippen LogP contribution in [-0.2, 0) is 25.6 Å². The lowest BCUT2D eigenvalue weighted by atomic mass is 9.96. The highest BCUT2D eigenvalue weighted by Gasteiger charge is 2.29. The van der Waals surface area contributed by atoms with Crippen LogP contribution >= 0.6 is 6.64 Å². The minimum Gasteiger partial charge on any atom is -0.465 e. The van der Waals surface area contributed by atoms with Crippen molar-refractivity contribution < 1.29 is 18.6 Å². The van der Waals surface area contributed by atoms with Crippen molar-refractivity contribution in [2.45, 2.75) is 5.92 Å². The lowest BCUT2D eigenvalue weighted by molar-refractivity contribution is -0.124. The number of amides is 1. The summed E-state index contributed by atoms with van der Waals surface area (Å²) in [6, 6.07) is 7.39. The van der Waals surface area contributed by atoms with Gasteiger partial charge in [-0.2, -0.15) is 0 Å². The number of nitrogens with one attached hydrogen (secondary N) is 1. The van der Waals surface area contributed by atoms with E-state index < -0.39 is 12.6 Å². The average molecular weight is 328 g/mol. The Balaban J connectivity index is 2.16. The van der Waals surface area contributed by atoms with Crippen LogP contribution < -0.4 is 10.2 Å². The topological polar surface area (TPSA) is 60.0 Å². The zero-order valence-electron chi connectivity index (χ0n) is 12.0. The maximum absolute atomic E-state index is 12.5. The van der Waals surface area contributed by atoms with Crippen molar-refractivity contribution in [1.82, 2.24) is 10.2 Å². The van der Waals surface area contributed by atoms with E-state index in [0.29, 0.717) is 5.75 Å². The molecule has 1 aliphatic rings. The molecule has 0 saturated heterocycles. The molecule has 0 aliphatic carbocycles. The van der Waals surface area contributed by atoms with Crippen LogP contribution in [0.3, 0.4) is 0 Å². The van der Waals surface area contributed by atoms with Crippen LogP contribution in [0.4, 0.5) is 0 Å². The molecule has 1 N–H and O–H groups in total. The Bertz CT molecular complexity index is 600. The second-order valence-corrected chi connectivity index (χ2v) is 7.95. The molecule has 1 amide bonds. The Morgan fingerprint density at radius 2 is 2.05 bits per heavy atom. The summed E-state index contributed by atoms with van der Waals surface area (Å²) < 4.78 is 17.2. The number of rotatable bonds is 5. The molecule has 1 aliphatic heterocycles. The molecule has 1 aromatic carbocycles. The SMILES string of the molecule is COP(=S)(OC)N(C)NC(=O)C1C=COc2ccccc21. The number of hydrogen-bond acceptors (Lipinski definition) is 5. The Labute approximate surface area is 128 Å². The Morgan fingerprint density at radius 3 is 2.71 bits per heavy atom. The predicted molar refractivity (Wildman–Crippen MR) is 83.2 cm³/mol. The summed E-state index contributed by atoms with van der Waals surface area (Å²) in [5.41, 5.74) is 3.52.